The normalized spacial score (nSPS) is 21.0. The third-order valence-corrected chi connectivity index (χ3v) is 12.6. The lowest BCUT2D eigenvalue weighted by atomic mass is 9.99. The van der Waals surface area contributed by atoms with Crippen LogP contribution < -0.4 is 5.32 Å². The van der Waals surface area contributed by atoms with E-state index in [1.165, 1.54) is 154 Å². The zero-order valence-electron chi connectivity index (χ0n) is 39.5. The molecule has 14 heteroatoms. The molecule has 0 aromatic heterocycles. The molecule has 1 saturated heterocycles. The quantitative estimate of drug-likeness (QED) is 0.0173. The van der Waals surface area contributed by atoms with Gasteiger partial charge < -0.3 is 40.3 Å². The maximum atomic E-state index is 13.1. The third-order valence-electron chi connectivity index (χ3n) is 12.1. The summed E-state index contributed by atoms with van der Waals surface area (Å²) in [6, 6.07) is -1.13. The van der Waals surface area contributed by atoms with Crippen molar-refractivity contribution >= 4 is 16.3 Å². The van der Waals surface area contributed by atoms with Crippen LogP contribution in [0.1, 0.15) is 219 Å². The number of hydrogen-bond acceptors (Lipinski definition) is 11. The second-order valence-electron chi connectivity index (χ2n) is 17.9. The number of rotatable bonds is 43. The predicted octanol–water partition coefficient (Wildman–Crippen LogP) is 9.47. The number of allylic oxidation sites excluding steroid dienone is 3. The van der Waals surface area contributed by atoms with Crippen LogP contribution in [0.3, 0.4) is 0 Å². The number of nitrogens with one attached hydrogen (secondary N) is 1. The first-order chi connectivity index (χ1) is 30.4. The SMILES string of the molecule is CCCCCCCCCC/C=C/CC/C=C/C(O)C(COC1OC(CO)C(O)C(OS(=O)(=O)O)C1O)NC(=O)C(O)CCCCCCCCCCCCCCCCCCCCCC. The van der Waals surface area contributed by atoms with Crippen molar-refractivity contribution in [2.45, 2.75) is 268 Å². The van der Waals surface area contributed by atoms with Crippen LogP contribution in [-0.4, -0.2) is 107 Å². The Balaban J connectivity index is 2.51. The van der Waals surface area contributed by atoms with E-state index in [2.05, 4.69) is 35.5 Å². The summed E-state index contributed by atoms with van der Waals surface area (Å²) < 4.78 is 47.5. The third kappa shape index (κ3) is 32.0. The smallest absolute Gasteiger partial charge is 0.394 e. The van der Waals surface area contributed by atoms with E-state index in [0.29, 0.717) is 12.8 Å². The topological polar surface area (TPSA) is 212 Å². The van der Waals surface area contributed by atoms with E-state index in [9.17, 15) is 43.3 Å². The molecule has 7 N–H and O–H groups in total. The first kappa shape index (κ1) is 59.6. The molecule has 0 radical (unpaired) electrons. The minimum atomic E-state index is -5.12. The molecule has 0 aromatic carbocycles. The van der Waals surface area contributed by atoms with Crippen molar-refractivity contribution < 1.29 is 57.0 Å². The van der Waals surface area contributed by atoms with Gasteiger partial charge in [0.25, 0.3) is 0 Å². The molecular weight excluding hydrogens is 827 g/mol. The maximum Gasteiger partial charge on any atom is 0.397 e. The lowest BCUT2D eigenvalue weighted by Crippen LogP contribution is -2.61. The lowest BCUT2D eigenvalue weighted by Gasteiger charge is -2.41. The molecule has 0 saturated carbocycles. The van der Waals surface area contributed by atoms with Gasteiger partial charge in [0.05, 0.1) is 25.4 Å². The van der Waals surface area contributed by atoms with Gasteiger partial charge >= 0.3 is 10.4 Å². The van der Waals surface area contributed by atoms with Crippen molar-refractivity contribution in [3.05, 3.63) is 24.3 Å². The Kier molecular flexibility index (Phi) is 37.5. The number of ether oxygens (including phenoxy) is 2. The summed E-state index contributed by atoms with van der Waals surface area (Å²) in [6.45, 7) is 3.21. The fourth-order valence-electron chi connectivity index (χ4n) is 8.07. The molecular formula is C49H93NO12S. The van der Waals surface area contributed by atoms with E-state index in [-0.39, 0.29) is 6.42 Å². The van der Waals surface area contributed by atoms with Crippen molar-refractivity contribution in [3.63, 3.8) is 0 Å². The number of unbranched alkanes of at least 4 members (excludes halogenated alkanes) is 28. The van der Waals surface area contributed by atoms with E-state index < -0.39 is 78.5 Å². The number of amides is 1. The van der Waals surface area contributed by atoms with Crippen molar-refractivity contribution in [2.24, 2.45) is 0 Å². The molecule has 1 rings (SSSR count). The van der Waals surface area contributed by atoms with Gasteiger partial charge in [0.1, 0.15) is 30.5 Å². The molecule has 1 fully saturated rings. The number of carbonyl (C=O) groups is 1. The highest BCUT2D eigenvalue weighted by Crippen LogP contribution is 2.26. The zero-order chi connectivity index (χ0) is 46.4. The summed E-state index contributed by atoms with van der Waals surface area (Å²) in [7, 11) is -5.12. The lowest BCUT2D eigenvalue weighted by molar-refractivity contribution is -0.298. The Morgan fingerprint density at radius 2 is 1.06 bits per heavy atom. The van der Waals surface area contributed by atoms with Crippen LogP contribution in [0.5, 0.6) is 0 Å². The van der Waals surface area contributed by atoms with Crippen LogP contribution in [0.4, 0.5) is 0 Å². The van der Waals surface area contributed by atoms with Crippen LogP contribution in [0, 0.1) is 0 Å². The minimum absolute atomic E-state index is 0.241. The van der Waals surface area contributed by atoms with Gasteiger partial charge in [-0.1, -0.05) is 212 Å². The molecule has 63 heavy (non-hydrogen) atoms. The molecule has 0 aliphatic carbocycles. The van der Waals surface area contributed by atoms with Crippen molar-refractivity contribution in [2.75, 3.05) is 13.2 Å². The van der Waals surface area contributed by atoms with Gasteiger partial charge in [0, 0.05) is 0 Å². The van der Waals surface area contributed by atoms with Gasteiger partial charge in [-0.25, -0.2) is 4.18 Å². The van der Waals surface area contributed by atoms with Crippen LogP contribution in [-0.2, 0) is 28.9 Å². The highest BCUT2D eigenvalue weighted by molar-refractivity contribution is 7.80. The number of aliphatic hydroxyl groups excluding tert-OH is 5. The Bertz CT molecular complexity index is 1240. The molecule has 1 amide bonds. The fourth-order valence-corrected chi connectivity index (χ4v) is 8.57. The number of carbonyl (C=O) groups excluding carboxylic acids is 1. The summed E-state index contributed by atoms with van der Waals surface area (Å²) in [4.78, 5) is 13.1. The maximum absolute atomic E-state index is 13.1. The van der Waals surface area contributed by atoms with E-state index >= 15 is 0 Å². The van der Waals surface area contributed by atoms with Gasteiger partial charge in [-0.3, -0.25) is 9.35 Å². The Morgan fingerprint density at radius 3 is 1.52 bits per heavy atom. The van der Waals surface area contributed by atoms with E-state index in [1.807, 2.05) is 0 Å². The van der Waals surface area contributed by atoms with E-state index in [1.54, 1.807) is 6.08 Å². The number of hydrogen-bond donors (Lipinski definition) is 7. The monoisotopic (exact) mass is 920 g/mol. The van der Waals surface area contributed by atoms with Crippen LogP contribution in [0.15, 0.2) is 24.3 Å². The molecule has 1 heterocycles. The summed E-state index contributed by atoms with van der Waals surface area (Å²) >= 11 is 0. The van der Waals surface area contributed by atoms with Crippen LogP contribution >= 0.6 is 0 Å². The zero-order valence-corrected chi connectivity index (χ0v) is 40.3. The van der Waals surface area contributed by atoms with E-state index in [0.717, 1.165) is 38.5 Å². The second kappa shape index (κ2) is 39.7. The summed E-state index contributed by atoms with van der Waals surface area (Å²) in [6.07, 6.45) is 34.1. The first-order valence-electron chi connectivity index (χ1n) is 25.3. The van der Waals surface area contributed by atoms with Gasteiger partial charge in [0.2, 0.25) is 5.91 Å². The van der Waals surface area contributed by atoms with Crippen molar-refractivity contribution in [3.8, 4) is 0 Å². The van der Waals surface area contributed by atoms with Crippen LogP contribution in [0.25, 0.3) is 0 Å². The Labute approximate surface area is 383 Å². The van der Waals surface area contributed by atoms with E-state index in [4.69, 9.17) is 9.47 Å². The highest BCUT2D eigenvalue weighted by atomic mass is 32.3. The average Bonchev–Trinajstić information content (AvgIpc) is 3.25. The molecule has 0 spiro atoms. The molecule has 1 aliphatic rings. The summed E-state index contributed by atoms with van der Waals surface area (Å²) in [5, 5.41) is 55.3. The molecule has 0 aromatic rings. The van der Waals surface area contributed by atoms with Gasteiger partial charge in [0.15, 0.2) is 6.29 Å². The van der Waals surface area contributed by atoms with Crippen molar-refractivity contribution in [1.29, 1.82) is 0 Å². The summed E-state index contributed by atoms with van der Waals surface area (Å²) in [5.74, 6) is -0.709. The number of aliphatic hydroxyl groups is 5. The van der Waals surface area contributed by atoms with Gasteiger partial charge in [-0.15, -0.1) is 0 Å². The first-order valence-corrected chi connectivity index (χ1v) is 26.7. The molecule has 8 atom stereocenters. The predicted molar refractivity (Wildman–Crippen MR) is 251 cm³/mol. The van der Waals surface area contributed by atoms with Gasteiger partial charge in [-0.05, 0) is 32.1 Å². The molecule has 372 valence electrons. The van der Waals surface area contributed by atoms with Gasteiger partial charge in [-0.2, -0.15) is 8.42 Å². The largest absolute Gasteiger partial charge is 0.397 e. The van der Waals surface area contributed by atoms with Crippen molar-refractivity contribution in [1.82, 2.24) is 5.32 Å². The Morgan fingerprint density at radius 1 is 0.635 bits per heavy atom. The second-order valence-corrected chi connectivity index (χ2v) is 18.9. The minimum Gasteiger partial charge on any atom is -0.394 e. The molecule has 13 nitrogen and oxygen atoms in total. The fraction of sp³-hybridized carbons (Fsp3) is 0.898. The average molecular weight is 920 g/mol. The molecule has 1 aliphatic heterocycles. The Hall–Kier alpha value is -1.46. The summed E-state index contributed by atoms with van der Waals surface area (Å²) in [5.41, 5.74) is 0. The molecule has 0 bridgehead atoms. The highest BCUT2D eigenvalue weighted by Gasteiger charge is 2.48. The van der Waals surface area contributed by atoms with Crippen LogP contribution in [0.2, 0.25) is 0 Å². The standard InChI is InChI=1S/C49H93NO12S/c1-3-5-7-9-11-13-15-17-19-20-21-22-23-24-26-28-30-32-34-36-38-43(53)48(56)50-41(40-60-49-46(55)47(62-63(57,58)59)45(54)44(39-51)61-49)42(52)37-35-33-31-29-27-25-18-16-14-12-10-8-6-4-2/h27,29,35,37,41-47,49,51-55H,3-26,28,30-34,36,38-40H2,1-2H3,(H,50,56)(H,57,58,59)/b29-27+,37-35+. The molecule has 8 unspecified atom stereocenters.